The van der Waals surface area contributed by atoms with E-state index in [0.717, 1.165) is 13.0 Å². The minimum absolute atomic E-state index is 0.314. The predicted molar refractivity (Wildman–Crippen MR) is 47.1 cm³/mol. The minimum atomic E-state index is -0.672. The second kappa shape index (κ2) is 4.45. The van der Waals surface area contributed by atoms with Gasteiger partial charge in [-0.15, -0.1) is 0 Å². The van der Waals surface area contributed by atoms with Gasteiger partial charge in [-0.3, -0.25) is 4.79 Å². The van der Waals surface area contributed by atoms with E-state index in [1.807, 2.05) is 0 Å². The van der Waals surface area contributed by atoms with Gasteiger partial charge in [0.2, 0.25) is 0 Å². The van der Waals surface area contributed by atoms with Crippen LogP contribution in [0.25, 0.3) is 0 Å². The van der Waals surface area contributed by atoms with E-state index in [2.05, 4.69) is 11.9 Å². The molecule has 1 rings (SSSR count). The summed E-state index contributed by atoms with van der Waals surface area (Å²) < 4.78 is 0. The van der Waals surface area contributed by atoms with E-state index in [9.17, 15) is 4.79 Å². The number of hydrogen-bond acceptors (Lipinski definition) is 2. The van der Waals surface area contributed by atoms with Gasteiger partial charge in [0.05, 0.1) is 0 Å². The maximum absolute atomic E-state index is 10.3. The van der Waals surface area contributed by atoms with Crippen LogP contribution < -0.4 is 0 Å². The third kappa shape index (κ3) is 2.81. The van der Waals surface area contributed by atoms with E-state index in [0.29, 0.717) is 12.5 Å². The van der Waals surface area contributed by atoms with Crippen molar-refractivity contribution in [1.29, 1.82) is 0 Å². The molecule has 70 valence electrons. The molecule has 1 aliphatic rings. The normalized spacial score (nSPS) is 25.6. The van der Waals surface area contributed by atoms with Crippen molar-refractivity contribution in [1.82, 2.24) is 4.90 Å². The fourth-order valence-electron chi connectivity index (χ4n) is 1.80. The highest BCUT2D eigenvalue weighted by Gasteiger charge is 2.18. The number of rotatable bonds is 3. The first kappa shape index (κ1) is 9.52. The monoisotopic (exact) mass is 171 g/mol. The Labute approximate surface area is 73.4 Å². The number of piperidine rings is 1. The summed E-state index contributed by atoms with van der Waals surface area (Å²) >= 11 is 0. The van der Waals surface area contributed by atoms with E-state index < -0.39 is 5.97 Å². The van der Waals surface area contributed by atoms with E-state index in [4.69, 9.17) is 5.11 Å². The van der Waals surface area contributed by atoms with Gasteiger partial charge in [0, 0.05) is 12.5 Å². The van der Waals surface area contributed by atoms with Gasteiger partial charge < -0.3 is 10.0 Å². The molecule has 3 nitrogen and oxygen atoms in total. The van der Waals surface area contributed by atoms with Crippen molar-refractivity contribution in [2.24, 2.45) is 0 Å². The molecule has 0 unspecified atom stereocenters. The standard InChI is InChI=1S/C9H17NO2/c1-10-7-3-2-4-8(10)5-6-9(11)12/h8H,2-7H2,1H3,(H,11,12)/t8-/m1/s1. The summed E-state index contributed by atoms with van der Waals surface area (Å²) in [5.74, 6) is -0.672. The predicted octanol–water partition coefficient (Wildman–Crippen LogP) is 1.34. The van der Waals surface area contributed by atoms with E-state index in [-0.39, 0.29) is 0 Å². The fourth-order valence-corrected chi connectivity index (χ4v) is 1.80. The average molecular weight is 171 g/mol. The van der Waals surface area contributed by atoms with E-state index in [1.54, 1.807) is 0 Å². The van der Waals surface area contributed by atoms with Gasteiger partial charge in [-0.25, -0.2) is 0 Å². The summed E-state index contributed by atoms with van der Waals surface area (Å²) in [5, 5.41) is 8.51. The van der Waals surface area contributed by atoms with Gasteiger partial charge in [0.1, 0.15) is 0 Å². The van der Waals surface area contributed by atoms with Crippen LogP contribution in [-0.2, 0) is 4.79 Å². The Morgan fingerprint density at radius 2 is 2.33 bits per heavy atom. The Morgan fingerprint density at radius 1 is 1.58 bits per heavy atom. The highest BCUT2D eigenvalue weighted by atomic mass is 16.4. The van der Waals surface area contributed by atoms with Gasteiger partial charge in [0.25, 0.3) is 0 Å². The molecule has 1 fully saturated rings. The fraction of sp³-hybridized carbons (Fsp3) is 0.889. The van der Waals surface area contributed by atoms with Gasteiger partial charge in [-0.1, -0.05) is 6.42 Å². The van der Waals surface area contributed by atoms with E-state index in [1.165, 1.54) is 19.3 Å². The third-order valence-corrected chi connectivity index (χ3v) is 2.61. The molecular formula is C9H17NO2. The SMILES string of the molecule is CN1CCCC[C@@H]1CCC(=O)O. The number of carbonyl (C=O) groups is 1. The molecule has 12 heavy (non-hydrogen) atoms. The Bertz CT molecular complexity index is 159. The lowest BCUT2D eigenvalue weighted by Gasteiger charge is -2.32. The number of likely N-dealkylation sites (tertiary alicyclic amines) is 1. The van der Waals surface area contributed by atoms with Crippen LogP contribution >= 0.6 is 0 Å². The lowest BCUT2D eigenvalue weighted by Crippen LogP contribution is -2.36. The number of aliphatic carboxylic acids is 1. The van der Waals surface area contributed by atoms with Gasteiger partial charge in [-0.05, 0) is 32.9 Å². The zero-order chi connectivity index (χ0) is 8.97. The molecule has 0 aromatic carbocycles. The summed E-state index contributed by atoms with van der Waals surface area (Å²) in [7, 11) is 2.09. The summed E-state index contributed by atoms with van der Waals surface area (Å²) in [6.07, 6.45) is 4.82. The number of nitrogens with zero attached hydrogens (tertiary/aromatic N) is 1. The van der Waals surface area contributed by atoms with Crippen LogP contribution in [0.15, 0.2) is 0 Å². The lowest BCUT2D eigenvalue weighted by atomic mass is 9.99. The van der Waals surface area contributed by atoms with Crippen molar-refractivity contribution >= 4 is 5.97 Å². The Morgan fingerprint density at radius 3 is 2.92 bits per heavy atom. The summed E-state index contributed by atoms with van der Waals surface area (Å²) in [5.41, 5.74) is 0. The molecule has 0 aromatic heterocycles. The van der Waals surface area contributed by atoms with Crippen LogP contribution in [-0.4, -0.2) is 35.6 Å². The molecule has 0 radical (unpaired) electrons. The molecule has 1 saturated heterocycles. The summed E-state index contributed by atoms with van der Waals surface area (Å²) in [4.78, 5) is 12.6. The quantitative estimate of drug-likeness (QED) is 0.696. The molecule has 0 saturated carbocycles. The Kier molecular flexibility index (Phi) is 3.53. The molecule has 0 aromatic rings. The topological polar surface area (TPSA) is 40.5 Å². The maximum Gasteiger partial charge on any atom is 0.303 e. The lowest BCUT2D eigenvalue weighted by molar-refractivity contribution is -0.137. The Balaban J connectivity index is 2.24. The first-order chi connectivity index (χ1) is 5.70. The highest BCUT2D eigenvalue weighted by molar-refractivity contribution is 5.66. The molecule has 0 aliphatic carbocycles. The van der Waals surface area contributed by atoms with Crippen molar-refractivity contribution in [2.45, 2.75) is 38.1 Å². The molecule has 0 spiro atoms. The van der Waals surface area contributed by atoms with Crippen LogP contribution in [0, 0.1) is 0 Å². The molecule has 0 bridgehead atoms. The average Bonchev–Trinajstić information content (AvgIpc) is 2.03. The van der Waals surface area contributed by atoms with Crippen LogP contribution in [0.2, 0.25) is 0 Å². The third-order valence-electron chi connectivity index (χ3n) is 2.61. The highest BCUT2D eigenvalue weighted by Crippen LogP contribution is 2.18. The van der Waals surface area contributed by atoms with Gasteiger partial charge >= 0.3 is 5.97 Å². The second-order valence-electron chi connectivity index (χ2n) is 3.56. The summed E-state index contributed by atoms with van der Waals surface area (Å²) in [6.45, 7) is 1.13. The number of carboxylic acids is 1. The summed E-state index contributed by atoms with van der Waals surface area (Å²) in [6, 6.07) is 0.509. The van der Waals surface area contributed by atoms with Crippen LogP contribution in [0.4, 0.5) is 0 Å². The van der Waals surface area contributed by atoms with Crippen LogP contribution in [0.1, 0.15) is 32.1 Å². The molecule has 1 atom stereocenters. The zero-order valence-corrected chi connectivity index (χ0v) is 7.62. The second-order valence-corrected chi connectivity index (χ2v) is 3.56. The molecule has 0 amide bonds. The van der Waals surface area contributed by atoms with Crippen molar-refractivity contribution in [2.75, 3.05) is 13.6 Å². The molecule has 1 aliphatic heterocycles. The maximum atomic E-state index is 10.3. The van der Waals surface area contributed by atoms with Crippen molar-refractivity contribution in [3.8, 4) is 0 Å². The van der Waals surface area contributed by atoms with Crippen molar-refractivity contribution < 1.29 is 9.90 Å². The molecule has 1 N–H and O–H groups in total. The van der Waals surface area contributed by atoms with Gasteiger partial charge in [0.15, 0.2) is 0 Å². The molecule has 1 heterocycles. The van der Waals surface area contributed by atoms with Crippen LogP contribution in [0.3, 0.4) is 0 Å². The largest absolute Gasteiger partial charge is 0.481 e. The van der Waals surface area contributed by atoms with Gasteiger partial charge in [-0.2, -0.15) is 0 Å². The minimum Gasteiger partial charge on any atom is -0.481 e. The number of carboxylic acid groups (broad SMARTS) is 1. The number of hydrogen-bond donors (Lipinski definition) is 1. The van der Waals surface area contributed by atoms with Crippen LogP contribution in [0.5, 0.6) is 0 Å². The molecular weight excluding hydrogens is 154 g/mol. The Hall–Kier alpha value is -0.570. The van der Waals surface area contributed by atoms with Crippen molar-refractivity contribution in [3.63, 3.8) is 0 Å². The smallest absolute Gasteiger partial charge is 0.303 e. The van der Waals surface area contributed by atoms with Crippen molar-refractivity contribution in [3.05, 3.63) is 0 Å². The van der Waals surface area contributed by atoms with E-state index >= 15 is 0 Å². The zero-order valence-electron chi connectivity index (χ0n) is 7.62. The first-order valence-electron chi connectivity index (χ1n) is 4.62. The molecule has 3 heteroatoms. The first-order valence-corrected chi connectivity index (χ1v) is 4.62.